The van der Waals surface area contributed by atoms with E-state index in [4.69, 9.17) is 0 Å². The van der Waals surface area contributed by atoms with Crippen LogP contribution in [0.1, 0.15) is 39.0 Å². The maximum absolute atomic E-state index is 12.5. The highest BCUT2D eigenvalue weighted by atomic mass is 16.2. The molecule has 1 aromatic heterocycles. The highest BCUT2D eigenvalue weighted by molar-refractivity contribution is 6.03. The number of aryl methyl sites for hydroxylation is 2. The number of nitrogens with zero attached hydrogens (tertiary/aromatic N) is 2. The number of Topliss-reactive ketones (excluding diaryl/α,β-unsaturated/α-hetero) is 1. The van der Waals surface area contributed by atoms with E-state index in [0.29, 0.717) is 28.6 Å². The average Bonchev–Trinajstić information content (AvgIpc) is 2.63. The normalized spacial score (nSPS) is 10.3. The lowest BCUT2D eigenvalue weighted by Crippen LogP contribution is -2.15. The molecule has 6 nitrogen and oxygen atoms in total. The Balaban J connectivity index is 1.81. The van der Waals surface area contributed by atoms with Crippen LogP contribution in [-0.2, 0) is 0 Å². The summed E-state index contributed by atoms with van der Waals surface area (Å²) in [6.45, 7) is 5.29. The summed E-state index contributed by atoms with van der Waals surface area (Å²) in [5, 5.41) is 5.88. The molecular weight excluding hydrogens is 340 g/mol. The lowest BCUT2D eigenvalue weighted by atomic mass is 10.1. The minimum Gasteiger partial charge on any atom is -0.324 e. The van der Waals surface area contributed by atoms with Crippen LogP contribution >= 0.6 is 0 Å². The third kappa shape index (κ3) is 4.76. The molecule has 0 saturated carbocycles. The summed E-state index contributed by atoms with van der Waals surface area (Å²) in [6, 6.07) is 16.2. The predicted octanol–water partition coefficient (Wildman–Crippen LogP) is 4.29. The van der Waals surface area contributed by atoms with Gasteiger partial charge in [0, 0.05) is 22.6 Å². The van der Waals surface area contributed by atoms with Gasteiger partial charge in [0.25, 0.3) is 5.91 Å². The van der Waals surface area contributed by atoms with Gasteiger partial charge in [-0.15, -0.1) is 0 Å². The molecule has 27 heavy (non-hydrogen) atoms. The standard InChI is InChI=1S/C21H20N4O2/c1-13-7-9-17(10-8-13)23-20(27)19-11-14(2)22-21(25-19)24-18-6-4-5-16(12-18)15(3)26/h4-12H,1-3H3,(H,23,27)(H,22,24,25). The Kier molecular flexibility index (Phi) is 5.26. The highest BCUT2D eigenvalue weighted by Gasteiger charge is 2.12. The van der Waals surface area contributed by atoms with Gasteiger partial charge in [-0.1, -0.05) is 29.8 Å². The van der Waals surface area contributed by atoms with Gasteiger partial charge in [0.05, 0.1) is 0 Å². The predicted molar refractivity (Wildman–Crippen MR) is 106 cm³/mol. The Hall–Kier alpha value is -3.54. The second-order valence-corrected chi connectivity index (χ2v) is 6.30. The maximum Gasteiger partial charge on any atom is 0.274 e. The van der Waals surface area contributed by atoms with Crippen molar-refractivity contribution < 1.29 is 9.59 Å². The molecule has 0 radical (unpaired) electrons. The second kappa shape index (κ2) is 7.78. The van der Waals surface area contributed by atoms with Gasteiger partial charge in [0.2, 0.25) is 5.95 Å². The first kappa shape index (κ1) is 18.3. The van der Waals surface area contributed by atoms with E-state index in [-0.39, 0.29) is 17.4 Å². The van der Waals surface area contributed by atoms with Gasteiger partial charge in [0.15, 0.2) is 5.78 Å². The zero-order valence-electron chi connectivity index (χ0n) is 15.4. The molecule has 0 aliphatic carbocycles. The SMILES string of the molecule is CC(=O)c1cccc(Nc2nc(C)cc(C(=O)Nc3ccc(C)cc3)n2)c1. The molecular formula is C21H20N4O2. The molecule has 2 N–H and O–H groups in total. The molecule has 1 heterocycles. The lowest BCUT2D eigenvalue weighted by molar-refractivity contribution is 0.101. The van der Waals surface area contributed by atoms with Crippen LogP contribution in [0.5, 0.6) is 0 Å². The maximum atomic E-state index is 12.5. The zero-order chi connectivity index (χ0) is 19.4. The number of amides is 1. The number of anilines is 3. The van der Waals surface area contributed by atoms with Crippen molar-refractivity contribution in [3.63, 3.8) is 0 Å². The quantitative estimate of drug-likeness (QED) is 0.663. The van der Waals surface area contributed by atoms with Crippen LogP contribution in [0.3, 0.4) is 0 Å². The number of hydrogen-bond acceptors (Lipinski definition) is 5. The van der Waals surface area contributed by atoms with E-state index in [1.807, 2.05) is 37.3 Å². The summed E-state index contributed by atoms with van der Waals surface area (Å²) in [6.07, 6.45) is 0. The Morgan fingerprint density at radius 3 is 2.33 bits per heavy atom. The molecule has 0 atom stereocenters. The van der Waals surface area contributed by atoms with E-state index in [9.17, 15) is 9.59 Å². The fourth-order valence-corrected chi connectivity index (χ4v) is 2.52. The van der Waals surface area contributed by atoms with E-state index in [0.717, 1.165) is 5.56 Å². The third-order valence-corrected chi connectivity index (χ3v) is 3.92. The minimum absolute atomic E-state index is 0.0259. The second-order valence-electron chi connectivity index (χ2n) is 6.30. The smallest absolute Gasteiger partial charge is 0.274 e. The molecule has 0 aliphatic rings. The molecule has 0 saturated heterocycles. The van der Waals surface area contributed by atoms with Crippen LogP contribution in [0.15, 0.2) is 54.6 Å². The number of benzene rings is 2. The van der Waals surface area contributed by atoms with Crippen molar-refractivity contribution in [1.29, 1.82) is 0 Å². The number of aromatic nitrogens is 2. The monoisotopic (exact) mass is 360 g/mol. The topological polar surface area (TPSA) is 84.0 Å². The van der Waals surface area contributed by atoms with Gasteiger partial charge >= 0.3 is 0 Å². The minimum atomic E-state index is -0.315. The van der Waals surface area contributed by atoms with E-state index in [2.05, 4.69) is 20.6 Å². The molecule has 0 fully saturated rings. The number of ketones is 1. The van der Waals surface area contributed by atoms with Crippen molar-refractivity contribution in [1.82, 2.24) is 9.97 Å². The van der Waals surface area contributed by atoms with Crippen molar-refractivity contribution in [2.75, 3.05) is 10.6 Å². The summed E-state index contributed by atoms with van der Waals surface area (Å²) in [4.78, 5) is 32.7. The van der Waals surface area contributed by atoms with Crippen LogP contribution in [0, 0.1) is 13.8 Å². The van der Waals surface area contributed by atoms with E-state index >= 15 is 0 Å². The highest BCUT2D eigenvalue weighted by Crippen LogP contribution is 2.17. The van der Waals surface area contributed by atoms with E-state index < -0.39 is 0 Å². The molecule has 6 heteroatoms. The van der Waals surface area contributed by atoms with Gasteiger partial charge in [0.1, 0.15) is 5.69 Å². The average molecular weight is 360 g/mol. The van der Waals surface area contributed by atoms with Crippen molar-refractivity contribution in [3.8, 4) is 0 Å². The molecule has 0 unspecified atom stereocenters. The molecule has 0 aliphatic heterocycles. The number of carbonyl (C=O) groups excluding carboxylic acids is 2. The fraction of sp³-hybridized carbons (Fsp3) is 0.143. The number of rotatable bonds is 5. The van der Waals surface area contributed by atoms with Crippen molar-refractivity contribution >= 4 is 29.0 Å². The van der Waals surface area contributed by atoms with Crippen molar-refractivity contribution in [2.24, 2.45) is 0 Å². The van der Waals surface area contributed by atoms with Gasteiger partial charge < -0.3 is 10.6 Å². The van der Waals surface area contributed by atoms with Crippen LogP contribution < -0.4 is 10.6 Å². The van der Waals surface area contributed by atoms with Crippen LogP contribution in [0.4, 0.5) is 17.3 Å². The summed E-state index contributed by atoms with van der Waals surface area (Å²) in [5.74, 6) is -0.0448. The van der Waals surface area contributed by atoms with Gasteiger partial charge in [-0.2, -0.15) is 0 Å². The Labute approximate surface area is 157 Å². The number of hydrogen-bond donors (Lipinski definition) is 2. The van der Waals surface area contributed by atoms with Gasteiger partial charge in [-0.25, -0.2) is 9.97 Å². The van der Waals surface area contributed by atoms with E-state index in [1.54, 1.807) is 31.2 Å². The Morgan fingerprint density at radius 1 is 0.889 bits per heavy atom. The van der Waals surface area contributed by atoms with Crippen LogP contribution in [0.25, 0.3) is 0 Å². The number of carbonyl (C=O) groups is 2. The van der Waals surface area contributed by atoms with Crippen molar-refractivity contribution in [3.05, 3.63) is 77.1 Å². The molecule has 0 bridgehead atoms. The van der Waals surface area contributed by atoms with Crippen LogP contribution in [-0.4, -0.2) is 21.7 Å². The first-order valence-electron chi connectivity index (χ1n) is 8.52. The molecule has 3 rings (SSSR count). The number of nitrogens with one attached hydrogen (secondary N) is 2. The van der Waals surface area contributed by atoms with Gasteiger partial charge in [-0.3, -0.25) is 9.59 Å². The van der Waals surface area contributed by atoms with Crippen molar-refractivity contribution in [2.45, 2.75) is 20.8 Å². The summed E-state index contributed by atoms with van der Waals surface area (Å²) >= 11 is 0. The zero-order valence-corrected chi connectivity index (χ0v) is 15.4. The largest absolute Gasteiger partial charge is 0.324 e. The molecule has 0 spiro atoms. The molecule has 1 amide bonds. The summed E-state index contributed by atoms with van der Waals surface area (Å²) < 4.78 is 0. The molecule has 3 aromatic rings. The first-order chi connectivity index (χ1) is 12.9. The Bertz CT molecular complexity index is 997. The van der Waals surface area contributed by atoms with Gasteiger partial charge in [-0.05, 0) is 51.1 Å². The Morgan fingerprint density at radius 2 is 1.63 bits per heavy atom. The molecule has 2 aromatic carbocycles. The summed E-state index contributed by atoms with van der Waals surface area (Å²) in [7, 11) is 0. The first-order valence-corrected chi connectivity index (χ1v) is 8.52. The third-order valence-electron chi connectivity index (χ3n) is 3.92. The lowest BCUT2D eigenvalue weighted by Gasteiger charge is -2.10. The molecule has 136 valence electrons. The fourth-order valence-electron chi connectivity index (χ4n) is 2.52. The van der Waals surface area contributed by atoms with Crippen LogP contribution in [0.2, 0.25) is 0 Å². The summed E-state index contributed by atoms with van der Waals surface area (Å²) in [5.41, 5.74) is 4.00. The van der Waals surface area contributed by atoms with E-state index in [1.165, 1.54) is 6.92 Å².